The molecule has 34 heavy (non-hydrogen) atoms. The maximum Gasteiger partial charge on any atom is 0.416 e. The zero-order valence-corrected chi connectivity index (χ0v) is 18.1. The summed E-state index contributed by atoms with van der Waals surface area (Å²) in [5.74, 6) is -0.520. The number of aromatic nitrogens is 1. The van der Waals surface area contributed by atoms with Crippen LogP contribution in [0.15, 0.2) is 79.1 Å². The summed E-state index contributed by atoms with van der Waals surface area (Å²) in [7, 11) is 0. The Bertz CT molecular complexity index is 1120. The van der Waals surface area contributed by atoms with E-state index in [-0.39, 0.29) is 30.4 Å². The largest absolute Gasteiger partial charge is 0.416 e. The van der Waals surface area contributed by atoms with E-state index in [1.807, 2.05) is 6.07 Å². The van der Waals surface area contributed by atoms with Crippen LogP contribution in [0.4, 0.5) is 23.7 Å². The topological polar surface area (TPSA) is 74.3 Å². The van der Waals surface area contributed by atoms with Crippen molar-refractivity contribution in [3.05, 3.63) is 95.8 Å². The quantitative estimate of drug-likeness (QED) is 0.571. The summed E-state index contributed by atoms with van der Waals surface area (Å²) in [5, 5.41) is 5.77. The van der Waals surface area contributed by atoms with Crippen molar-refractivity contribution in [3.63, 3.8) is 0 Å². The first-order valence-corrected chi connectivity index (χ1v) is 10.8. The number of anilines is 1. The third-order valence-electron chi connectivity index (χ3n) is 5.75. The molecule has 0 radical (unpaired) electrons. The number of benzene rings is 2. The number of carbonyl (C=O) groups is 2. The Labute approximate surface area is 194 Å². The van der Waals surface area contributed by atoms with Crippen LogP contribution in [-0.4, -0.2) is 41.0 Å². The number of pyridine rings is 1. The first-order chi connectivity index (χ1) is 16.3. The molecule has 1 saturated heterocycles. The predicted molar refractivity (Wildman–Crippen MR) is 121 cm³/mol. The molecule has 1 fully saturated rings. The Balaban J connectivity index is 1.54. The van der Waals surface area contributed by atoms with Crippen molar-refractivity contribution in [3.8, 4) is 0 Å². The number of rotatable bonds is 4. The summed E-state index contributed by atoms with van der Waals surface area (Å²) in [4.78, 5) is 31.2. The van der Waals surface area contributed by atoms with Gasteiger partial charge in [-0.3, -0.25) is 9.78 Å². The van der Waals surface area contributed by atoms with Gasteiger partial charge in [0.05, 0.1) is 5.56 Å². The number of hydrogen-bond donors (Lipinski definition) is 2. The first-order valence-electron chi connectivity index (χ1n) is 10.8. The lowest BCUT2D eigenvalue weighted by Crippen LogP contribution is -2.53. The normalized spacial score (nSPS) is 18.3. The molecule has 1 aliphatic rings. The van der Waals surface area contributed by atoms with E-state index in [4.69, 9.17) is 0 Å². The van der Waals surface area contributed by atoms with E-state index in [0.29, 0.717) is 29.8 Å². The minimum Gasteiger partial charge on any atom is -0.347 e. The summed E-state index contributed by atoms with van der Waals surface area (Å²) in [6.45, 7) is 0.576. The van der Waals surface area contributed by atoms with Crippen molar-refractivity contribution >= 4 is 17.6 Å². The van der Waals surface area contributed by atoms with Gasteiger partial charge in [0.15, 0.2) is 0 Å². The Morgan fingerprint density at radius 3 is 2.24 bits per heavy atom. The summed E-state index contributed by atoms with van der Waals surface area (Å²) in [6, 6.07) is 16.3. The fourth-order valence-electron chi connectivity index (χ4n) is 4.05. The second kappa shape index (κ2) is 9.94. The van der Waals surface area contributed by atoms with E-state index >= 15 is 0 Å². The molecule has 3 amide bonds. The van der Waals surface area contributed by atoms with Gasteiger partial charge in [0.1, 0.15) is 0 Å². The van der Waals surface area contributed by atoms with Crippen LogP contribution in [0.3, 0.4) is 0 Å². The van der Waals surface area contributed by atoms with Gasteiger partial charge in [-0.05, 0) is 48.4 Å². The lowest BCUT2D eigenvalue weighted by Gasteiger charge is -2.38. The number of alkyl halides is 3. The lowest BCUT2D eigenvalue weighted by atomic mass is 9.87. The van der Waals surface area contributed by atoms with Crippen molar-refractivity contribution in [1.82, 2.24) is 15.2 Å². The maximum absolute atomic E-state index is 13.0. The van der Waals surface area contributed by atoms with Crippen LogP contribution < -0.4 is 10.6 Å². The third kappa shape index (κ3) is 5.72. The Morgan fingerprint density at radius 1 is 0.912 bits per heavy atom. The minimum atomic E-state index is -4.42. The van der Waals surface area contributed by atoms with Crippen LogP contribution in [-0.2, 0) is 6.18 Å². The van der Waals surface area contributed by atoms with Crippen molar-refractivity contribution in [2.75, 3.05) is 18.4 Å². The molecule has 1 aliphatic heterocycles. The van der Waals surface area contributed by atoms with E-state index in [0.717, 1.165) is 12.1 Å². The molecule has 2 atom stereocenters. The maximum atomic E-state index is 13.0. The highest BCUT2D eigenvalue weighted by atomic mass is 19.4. The summed E-state index contributed by atoms with van der Waals surface area (Å²) in [6.07, 6.45) is -0.823. The van der Waals surface area contributed by atoms with Crippen molar-refractivity contribution < 1.29 is 22.8 Å². The summed E-state index contributed by atoms with van der Waals surface area (Å²) in [5.41, 5.74) is 1.01. The first kappa shape index (κ1) is 23.3. The van der Waals surface area contributed by atoms with Gasteiger partial charge >= 0.3 is 12.2 Å². The fraction of sp³-hybridized carbons (Fsp3) is 0.240. The zero-order chi connectivity index (χ0) is 24.1. The molecule has 2 unspecified atom stereocenters. The molecule has 6 nitrogen and oxygen atoms in total. The Morgan fingerprint density at radius 2 is 1.59 bits per heavy atom. The van der Waals surface area contributed by atoms with E-state index < -0.39 is 11.7 Å². The van der Waals surface area contributed by atoms with Gasteiger partial charge in [-0.1, -0.05) is 30.3 Å². The number of amides is 3. The predicted octanol–water partition coefficient (Wildman–Crippen LogP) is 4.92. The van der Waals surface area contributed by atoms with E-state index in [2.05, 4.69) is 15.6 Å². The molecule has 0 aliphatic carbocycles. The number of hydrogen-bond acceptors (Lipinski definition) is 3. The van der Waals surface area contributed by atoms with Gasteiger partial charge in [-0.15, -0.1) is 0 Å². The standard InChI is InChI=1S/C25H23F3N4O2/c26-25(27,28)20-8-6-17(7-9-20)19-14-22(30-23(33)18-4-2-1-3-5-18)16-32(15-19)24(34)31-21-10-12-29-13-11-21/h1-13,19,22H,14-16H2,(H,30,33)(H,29,31,34). The van der Waals surface area contributed by atoms with Crippen LogP contribution >= 0.6 is 0 Å². The molecule has 176 valence electrons. The molecule has 9 heteroatoms. The van der Waals surface area contributed by atoms with E-state index in [9.17, 15) is 22.8 Å². The zero-order valence-electron chi connectivity index (χ0n) is 18.1. The molecular weight excluding hydrogens is 445 g/mol. The third-order valence-corrected chi connectivity index (χ3v) is 5.75. The monoisotopic (exact) mass is 468 g/mol. The molecule has 2 aromatic carbocycles. The smallest absolute Gasteiger partial charge is 0.347 e. The Kier molecular flexibility index (Phi) is 6.81. The molecule has 4 rings (SSSR count). The van der Waals surface area contributed by atoms with Crippen LogP contribution in [0.25, 0.3) is 0 Å². The Hall–Kier alpha value is -3.88. The molecule has 3 aromatic rings. The van der Waals surface area contributed by atoms with E-state index in [1.165, 1.54) is 12.1 Å². The highest BCUT2D eigenvalue weighted by molar-refractivity contribution is 5.94. The van der Waals surface area contributed by atoms with Gasteiger partial charge in [0.2, 0.25) is 0 Å². The number of likely N-dealkylation sites (tertiary alicyclic amines) is 1. The summed E-state index contributed by atoms with van der Waals surface area (Å²) < 4.78 is 39.0. The average Bonchev–Trinajstić information content (AvgIpc) is 2.84. The number of urea groups is 1. The average molecular weight is 468 g/mol. The minimum absolute atomic E-state index is 0.250. The van der Waals surface area contributed by atoms with Crippen LogP contribution in [0, 0.1) is 0 Å². The van der Waals surface area contributed by atoms with Crippen LogP contribution in [0.2, 0.25) is 0 Å². The van der Waals surface area contributed by atoms with Gasteiger partial charge in [-0.2, -0.15) is 13.2 Å². The van der Waals surface area contributed by atoms with Gasteiger partial charge < -0.3 is 15.5 Å². The molecule has 0 saturated carbocycles. The molecule has 0 bridgehead atoms. The molecule has 1 aromatic heterocycles. The summed E-state index contributed by atoms with van der Waals surface area (Å²) >= 11 is 0. The van der Waals surface area contributed by atoms with Crippen LogP contribution in [0.1, 0.15) is 33.8 Å². The van der Waals surface area contributed by atoms with Gasteiger partial charge in [-0.25, -0.2) is 4.79 Å². The SMILES string of the molecule is O=C(NC1CC(c2ccc(C(F)(F)F)cc2)CN(C(=O)Nc2ccncc2)C1)c1ccccc1. The second-order valence-electron chi connectivity index (χ2n) is 8.16. The van der Waals surface area contributed by atoms with E-state index in [1.54, 1.807) is 53.7 Å². The van der Waals surface area contributed by atoms with Gasteiger partial charge in [0.25, 0.3) is 5.91 Å². The van der Waals surface area contributed by atoms with Crippen molar-refractivity contribution in [2.45, 2.75) is 24.6 Å². The number of halogens is 3. The highest BCUT2D eigenvalue weighted by Gasteiger charge is 2.34. The number of carbonyl (C=O) groups excluding carboxylic acids is 2. The highest BCUT2D eigenvalue weighted by Crippen LogP contribution is 2.32. The molecule has 2 heterocycles. The van der Waals surface area contributed by atoms with Crippen molar-refractivity contribution in [2.24, 2.45) is 0 Å². The lowest BCUT2D eigenvalue weighted by molar-refractivity contribution is -0.137. The van der Waals surface area contributed by atoms with Gasteiger partial charge in [0, 0.05) is 48.7 Å². The second-order valence-corrected chi connectivity index (χ2v) is 8.16. The van der Waals surface area contributed by atoms with Crippen LogP contribution in [0.5, 0.6) is 0 Å². The molecule has 2 N–H and O–H groups in total. The number of piperidine rings is 1. The molecule has 0 spiro atoms. The number of nitrogens with zero attached hydrogens (tertiary/aromatic N) is 2. The van der Waals surface area contributed by atoms with Crippen molar-refractivity contribution in [1.29, 1.82) is 0 Å². The number of nitrogens with one attached hydrogen (secondary N) is 2. The fourth-order valence-corrected chi connectivity index (χ4v) is 4.05. The molecular formula is C25H23F3N4O2.